The fourth-order valence-electron chi connectivity index (χ4n) is 3.97. The number of carboxylic acid groups (broad SMARTS) is 1. The molecular formula is C27H29N3O3. The van der Waals surface area contributed by atoms with Crippen LogP contribution in [0.25, 0.3) is 22.2 Å². The first-order valence-electron chi connectivity index (χ1n) is 11.4. The summed E-state index contributed by atoms with van der Waals surface area (Å²) in [6.45, 7) is 3.53. The number of nitrogens with zero attached hydrogens (tertiary/aromatic N) is 1. The van der Waals surface area contributed by atoms with Crippen LogP contribution in [0.3, 0.4) is 0 Å². The molecule has 0 amide bonds. The van der Waals surface area contributed by atoms with Gasteiger partial charge < -0.3 is 15.2 Å². The van der Waals surface area contributed by atoms with Crippen molar-refractivity contribution in [1.82, 2.24) is 10.2 Å². The zero-order chi connectivity index (χ0) is 23.0. The summed E-state index contributed by atoms with van der Waals surface area (Å²) in [6, 6.07) is 21.9. The third kappa shape index (κ3) is 5.52. The minimum atomic E-state index is -0.820. The second-order valence-corrected chi connectivity index (χ2v) is 8.05. The smallest absolute Gasteiger partial charge is 0.307 e. The quantitative estimate of drug-likeness (QED) is 0.259. The molecule has 0 spiro atoms. The largest absolute Gasteiger partial charge is 0.493 e. The summed E-state index contributed by atoms with van der Waals surface area (Å²) in [5.74, 6) is 0.0769. The Morgan fingerprint density at radius 3 is 2.58 bits per heavy atom. The summed E-state index contributed by atoms with van der Waals surface area (Å²) in [6.07, 6.45) is 2.81. The van der Waals surface area contributed by atoms with E-state index in [1.807, 2.05) is 42.5 Å². The van der Waals surface area contributed by atoms with Crippen molar-refractivity contribution < 1.29 is 14.6 Å². The van der Waals surface area contributed by atoms with E-state index in [0.717, 1.165) is 70.5 Å². The maximum Gasteiger partial charge on any atom is 0.307 e. The van der Waals surface area contributed by atoms with Gasteiger partial charge in [0, 0.05) is 28.7 Å². The van der Waals surface area contributed by atoms with Crippen molar-refractivity contribution in [2.45, 2.75) is 32.6 Å². The molecule has 0 atom stereocenters. The number of carbonyl (C=O) groups is 1. The summed E-state index contributed by atoms with van der Waals surface area (Å²) in [7, 11) is 0. The van der Waals surface area contributed by atoms with Gasteiger partial charge in [0.15, 0.2) is 0 Å². The van der Waals surface area contributed by atoms with Gasteiger partial charge in [0.1, 0.15) is 5.75 Å². The minimum absolute atomic E-state index is 0.0431. The van der Waals surface area contributed by atoms with Crippen LogP contribution in [-0.2, 0) is 17.6 Å². The Morgan fingerprint density at radius 1 is 1.06 bits per heavy atom. The monoisotopic (exact) mass is 443 g/mol. The number of H-pyrrole nitrogens is 1. The van der Waals surface area contributed by atoms with E-state index in [1.54, 1.807) is 0 Å². The first-order chi connectivity index (χ1) is 16.2. The van der Waals surface area contributed by atoms with Crippen LogP contribution >= 0.6 is 0 Å². The molecule has 0 saturated heterocycles. The Labute approximate surface area is 193 Å². The van der Waals surface area contributed by atoms with E-state index >= 15 is 0 Å². The van der Waals surface area contributed by atoms with Gasteiger partial charge in [-0.05, 0) is 42.7 Å². The van der Waals surface area contributed by atoms with Gasteiger partial charge in [-0.25, -0.2) is 0 Å². The molecule has 4 rings (SSSR count). The zero-order valence-corrected chi connectivity index (χ0v) is 18.8. The molecule has 170 valence electrons. The topological polar surface area (TPSA) is 87.2 Å². The zero-order valence-electron chi connectivity index (χ0n) is 18.8. The average molecular weight is 444 g/mol. The number of ether oxygens (including phenoxy) is 1. The Hall–Kier alpha value is -3.80. The number of aromatic nitrogens is 2. The van der Waals surface area contributed by atoms with E-state index in [0.29, 0.717) is 6.61 Å². The molecule has 4 aromatic rings. The van der Waals surface area contributed by atoms with Crippen LogP contribution in [-0.4, -0.2) is 34.4 Å². The molecule has 3 N–H and O–H groups in total. The number of benzene rings is 3. The molecule has 3 aromatic carbocycles. The minimum Gasteiger partial charge on any atom is -0.493 e. The molecule has 1 heterocycles. The number of fused-ring (bicyclic) bond motifs is 1. The van der Waals surface area contributed by atoms with Crippen LogP contribution in [0.5, 0.6) is 5.75 Å². The van der Waals surface area contributed by atoms with E-state index in [1.165, 1.54) is 0 Å². The van der Waals surface area contributed by atoms with Gasteiger partial charge in [-0.2, -0.15) is 5.10 Å². The third-order valence-corrected chi connectivity index (χ3v) is 5.57. The van der Waals surface area contributed by atoms with Crippen molar-refractivity contribution in [3.63, 3.8) is 0 Å². The van der Waals surface area contributed by atoms with Crippen LogP contribution in [0.1, 0.15) is 30.9 Å². The highest BCUT2D eigenvalue weighted by atomic mass is 16.5. The van der Waals surface area contributed by atoms with Gasteiger partial charge in [0.25, 0.3) is 0 Å². The predicted octanol–water partition coefficient (Wildman–Crippen LogP) is 5.69. The normalized spacial score (nSPS) is 10.9. The Bertz CT molecular complexity index is 1200. The average Bonchev–Trinajstić information content (AvgIpc) is 3.26. The lowest BCUT2D eigenvalue weighted by molar-refractivity contribution is -0.136. The summed E-state index contributed by atoms with van der Waals surface area (Å²) >= 11 is 0. The van der Waals surface area contributed by atoms with Crippen molar-refractivity contribution >= 4 is 22.6 Å². The Kier molecular flexibility index (Phi) is 7.25. The van der Waals surface area contributed by atoms with Crippen LogP contribution in [0.15, 0.2) is 66.7 Å². The predicted molar refractivity (Wildman–Crippen MR) is 132 cm³/mol. The van der Waals surface area contributed by atoms with E-state index in [4.69, 9.17) is 9.84 Å². The third-order valence-electron chi connectivity index (χ3n) is 5.57. The lowest BCUT2D eigenvalue weighted by Crippen LogP contribution is -2.08. The summed E-state index contributed by atoms with van der Waals surface area (Å²) in [5, 5.41) is 21.2. The number of aryl methyl sites for hydroxylation is 1. The number of hydrogen-bond acceptors (Lipinski definition) is 4. The van der Waals surface area contributed by atoms with Crippen molar-refractivity contribution in [2.24, 2.45) is 0 Å². The standard InChI is InChI=1S/C27H29N3O3/c1-2-7-22-24(15-14-23-26(29-30-27(22)23)20-8-4-3-5-9-20)33-17-6-16-28-21-12-10-19(11-13-21)18-25(31)32/h3-5,8-15,28H,2,6-7,16-18H2,1H3,(H,29,30)(H,31,32). The van der Waals surface area contributed by atoms with E-state index in [9.17, 15) is 4.79 Å². The fourth-order valence-corrected chi connectivity index (χ4v) is 3.97. The molecule has 0 bridgehead atoms. The molecule has 0 unspecified atom stereocenters. The number of rotatable bonds is 11. The molecule has 6 nitrogen and oxygen atoms in total. The van der Waals surface area contributed by atoms with Gasteiger partial charge in [-0.15, -0.1) is 0 Å². The molecule has 6 heteroatoms. The van der Waals surface area contributed by atoms with Crippen molar-refractivity contribution in [3.05, 3.63) is 77.9 Å². The highest BCUT2D eigenvalue weighted by Crippen LogP contribution is 2.33. The number of nitrogens with one attached hydrogen (secondary N) is 2. The summed E-state index contributed by atoms with van der Waals surface area (Å²) in [4.78, 5) is 10.8. The molecule has 0 aliphatic carbocycles. The number of aliphatic carboxylic acids is 1. The maximum absolute atomic E-state index is 10.8. The van der Waals surface area contributed by atoms with Gasteiger partial charge in [0.05, 0.1) is 24.2 Å². The van der Waals surface area contributed by atoms with Crippen molar-refractivity contribution in [2.75, 3.05) is 18.5 Å². The van der Waals surface area contributed by atoms with E-state index in [-0.39, 0.29) is 6.42 Å². The van der Waals surface area contributed by atoms with Crippen LogP contribution in [0, 0.1) is 0 Å². The summed E-state index contributed by atoms with van der Waals surface area (Å²) < 4.78 is 6.15. The number of aromatic amines is 1. The molecule has 0 aliphatic rings. The van der Waals surface area contributed by atoms with Crippen molar-refractivity contribution in [3.8, 4) is 17.0 Å². The molecular weight excluding hydrogens is 414 g/mol. The van der Waals surface area contributed by atoms with Crippen LogP contribution < -0.4 is 10.1 Å². The number of carboxylic acids is 1. The van der Waals surface area contributed by atoms with Crippen molar-refractivity contribution in [1.29, 1.82) is 0 Å². The van der Waals surface area contributed by atoms with Gasteiger partial charge in [-0.3, -0.25) is 9.89 Å². The number of anilines is 1. The first kappa shape index (κ1) is 22.4. The number of hydrogen-bond donors (Lipinski definition) is 3. The molecule has 33 heavy (non-hydrogen) atoms. The molecule has 0 fully saturated rings. The Balaban J connectivity index is 1.37. The molecule has 0 radical (unpaired) electrons. The second kappa shape index (κ2) is 10.7. The first-order valence-corrected chi connectivity index (χ1v) is 11.4. The highest BCUT2D eigenvalue weighted by Gasteiger charge is 2.15. The maximum atomic E-state index is 10.8. The van der Waals surface area contributed by atoms with Gasteiger partial charge in [-0.1, -0.05) is 55.8 Å². The molecule has 0 saturated carbocycles. The summed E-state index contributed by atoms with van der Waals surface area (Å²) in [5.41, 5.74) is 6.06. The van der Waals surface area contributed by atoms with Gasteiger partial charge in [0.2, 0.25) is 0 Å². The Morgan fingerprint density at radius 2 is 1.85 bits per heavy atom. The lowest BCUT2D eigenvalue weighted by Gasteiger charge is -2.13. The van der Waals surface area contributed by atoms with E-state index < -0.39 is 5.97 Å². The SMILES string of the molecule is CCCc1c(OCCCNc2ccc(CC(=O)O)cc2)ccc2c(-c3ccccc3)[nH]nc12. The molecule has 0 aliphatic heterocycles. The van der Waals surface area contributed by atoms with Crippen LogP contribution in [0.2, 0.25) is 0 Å². The highest BCUT2D eigenvalue weighted by molar-refractivity contribution is 5.95. The second-order valence-electron chi connectivity index (χ2n) is 8.05. The fraction of sp³-hybridized carbons (Fsp3) is 0.259. The lowest BCUT2D eigenvalue weighted by atomic mass is 10.0. The van der Waals surface area contributed by atoms with Crippen LogP contribution in [0.4, 0.5) is 5.69 Å². The van der Waals surface area contributed by atoms with E-state index in [2.05, 4.69) is 46.7 Å². The molecule has 1 aromatic heterocycles. The van der Waals surface area contributed by atoms with Gasteiger partial charge >= 0.3 is 5.97 Å².